The van der Waals surface area contributed by atoms with E-state index in [-0.39, 0.29) is 0 Å². The second kappa shape index (κ2) is 6.85. The first-order valence-corrected chi connectivity index (χ1v) is 10.00. The summed E-state index contributed by atoms with van der Waals surface area (Å²) in [5, 5.41) is 7.00. The minimum absolute atomic E-state index is 0.589. The Balaban J connectivity index is 1.65. The van der Waals surface area contributed by atoms with Crippen LogP contribution in [-0.2, 0) is 0 Å². The molecule has 0 amide bonds. The van der Waals surface area contributed by atoms with Crippen LogP contribution < -0.4 is 5.32 Å². The smallest absolute Gasteiger partial charge is 0.0649 e. The summed E-state index contributed by atoms with van der Waals surface area (Å²) in [7, 11) is 0. The van der Waals surface area contributed by atoms with Gasteiger partial charge in [0.05, 0.1) is 4.21 Å². The van der Waals surface area contributed by atoms with E-state index in [4.69, 9.17) is 0 Å². The van der Waals surface area contributed by atoms with Crippen molar-refractivity contribution in [3.63, 3.8) is 0 Å². The van der Waals surface area contributed by atoms with Crippen LogP contribution in [-0.4, -0.2) is 11.3 Å². The van der Waals surface area contributed by atoms with E-state index < -0.39 is 0 Å². The van der Waals surface area contributed by atoms with Crippen LogP contribution in [0.3, 0.4) is 0 Å². The van der Waals surface area contributed by atoms with Gasteiger partial charge >= 0.3 is 0 Å². The van der Waals surface area contributed by atoms with E-state index in [1.54, 1.807) is 9.77 Å². The van der Waals surface area contributed by atoms with Crippen LogP contribution in [0.2, 0.25) is 0 Å². The third-order valence-corrected chi connectivity index (χ3v) is 7.32. The van der Waals surface area contributed by atoms with E-state index in [2.05, 4.69) is 42.4 Å². The van der Waals surface area contributed by atoms with Gasteiger partial charge in [0.1, 0.15) is 0 Å². The molecule has 1 N–H and O–H groups in total. The van der Waals surface area contributed by atoms with Crippen molar-refractivity contribution in [2.75, 3.05) is 0 Å². The summed E-state index contributed by atoms with van der Waals surface area (Å²) in [4.78, 5) is 0. The predicted octanol–water partition coefficient (Wildman–Crippen LogP) is 5.62. The maximum atomic E-state index is 3.98. The highest BCUT2D eigenvalue weighted by atomic mass is 32.2. The lowest BCUT2D eigenvalue weighted by atomic mass is 9.91. The summed E-state index contributed by atoms with van der Waals surface area (Å²) in [5.41, 5.74) is 1.57. The monoisotopic (exact) mass is 309 g/mol. The van der Waals surface area contributed by atoms with E-state index in [1.807, 2.05) is 11.3 Å². The molecule has 1 fully saturated rings. The van der Waals surface area contributed by atoms with Crippen LogP contribution in [0, 0.1) is 5.92 Å². The number of hydrogen-bond donors (Lipinski definition) is 1. The van der Waals surface area contributed by atoms with Crippen molar-refractivity contribution in [3.05, 3.63) is 17.0 Å². The molecule has 112 valence electrons. The summed E-state index contributed by atoms with van der Waals surface area (Å²) >= 11 is 3.99. The maximum absolute atomic E-state index is 3.98. The van der Waals surface area contributed by atoms with Gasteiger partial charge in [0.25, 0.3) is 0 Å². The Bertz CT molecular complexity index is 420. The lowest BCUT2D eigenvalue weighted by Gasteiger charge is -2.33. The van der Waals surface area contributed by atoms with Gasteiger partial charge < -0.3 is 5.32 Å². The average Bonchev–Trinajstić information content (AvgIpc) is 2.72. The molecule has 20 heavy (non-hydrogen) atoms. The van der Waals surface area contributed by atoms with Crippen LogP contribution in [0.25, 0.3) is 0 Å². The van der Waals surface area contributed by atoms with E-state index in [0.717, 1.165) is 11.2 Å². The lowest BCUT2D eigenvalue weighted by molar-refractivity contribution is 0.301. The van der Waals surface area contributed by atoms with Crippen molar-refractivity contribution in [2.45, 2.75) is 80.3 Å². The fourth-order valence-corrected chi connectivity index (χ4v) is 6.34. The molecule has 3 atom stereocenters. The number of fused-ring (bicyclic) bond motifs is 1. The molecule has 1 unspecified atom stereocenters. The molecule has 1 aromatic rings. The fraction of sp³-hybridized carbons (Fsp3) is 0.765. The molecule has 3 rings (SSSR count). The van der Waals surface area contributed by atoms with Crippen LogP contribution in [0.15, 0.2) is 15.7 Å². The van der Waals surface area contributed by atoms with Gasteiger partial charge in [-0.25, -0.2) is 0 Å². The highest BCUT2D eigenvalue weighted by Gasteiger charge is 2.29. The Morgan fingerprint density at radius 2 is 1.95 bits per heavy atom. The van der Waals surface area contributed by atoms with E-state index >= 15 is 0 Å². The van der Waals surface area contributed by atoms with Crippen molar-refractivity contribution >= 4 is 23.1 Å². The van der Waals surface area contributed by atoms with Crippen molar-refractivity contribution in [1.29, 1.82) is 0 Å². The second-order valence-electron chi connectivity index (χ2n) is 6.59. The molecule has 1 aliphatic carbocycles. The molecule has 3 heteroatoms. The molecule has 1 aliphatic heterocycles. The Morgan fingerprint density at radius 1 is 1.20 bits per heavy atom. The summed E-state index contributed by atoms with van der Waals surface area (Å²) in [5.74, 6) is 0.893. The highest BCUT2D eigenvalue weighted by molar-refractivity contribution is 8.01. The minimum atomic E-state index is 0.589. The summed E-state index contributed by atoms with van der Waals surface area (Å²) in [6.45, 7) is 4.80. The summed E-state index contributed by atoms with van der Waals surface area (Å²) < 4.78 is 1.55. The Kier molecular flexibility index (Phi) is 5.11. The maximum Gasteiger partial charge on any atom is 0.0649 e. The summed E-state index contributed by atoms with van der Waals surface area (Å²) in [6.07, 6.45) is 9.94. The molecule has 1 saturated carbocycles. The first kappa shape index (κ1) is 14.9. The zero-order valence-electron chi connectivity index (χ0n) is 12.7. The first-order chi connectivity index (χ1) is 9.74. The zero-order valence-corrected chi connectivity index (χ0v) is 14.4. The standard InChI is InChI=1S/C17H27NS2/c1-12-11-16(15-9-10-19-17(15)20-12)18-13(2)14-7-5-3-4-6-8-14/h9-10,12-14,16,18H,3-8,11H2,1-2H3/t12-,13-,16?/m0/s1. The second-order valence-corrected chi connectivity index (χ2v) is 9.21. The SMILES string of the molecule is C[C@H](NC1C[C@H](C)Sc2sccc21)C1CCCCCC1. The topological polar surface area (TPSA) is 12.0 Å². The van der Waals surface area contributed by atoms with Gasteiger partial charge in [-0.3, -0.25) is 0 Å². The molecule has 1 nitrogen and oxygen atoms in total. The lowest BCUT2D eigenvalue weighted by Crippen LogP contribution is -2.38. The highest BCUT2D eigenvalue weighted by Crippen LogP contribution is 2.44. The quantitative estimate of drug-likeness (QED) is 0.727. The summed E-state index contributed by atoms with van der Waals surface area (Å²) in [6, 6.07) is 3.60. The van der Waals surface area contributed by atoms with E-state index in [1.165, 1.54) is 44.9 Å². The first-order valence-electron chi connectivity index (χ1n) is 8.24. The number of hydrogen-bond acceptors (Lipinski definition) is 3. The fourth-order valence-electron chi connectivity index (χ4n) is 3.77. The van der Waals surface area contributed by atoms with Crippen LogP contribution >= 0.6 is 23.1 Å². The largest absolute Gasteiger partial charge is 0.307 e. The molecule has 2 aliphatic rings. The van der Waals surface area contributed by atoms with Gasteiger partial charge in [-0.1, -0.05) is 32.6 Å². The minimum Gasteiger partial charge on any atom is -0.307 e. The van der Waals surface area contributed by atoms with E-state index in [0.29, 0.717) is 12.1 Å². The predicted molar refractivity (Wildman–Crippen MR) is 90.8 cm³/mol. The third-order valence-electron chi connectivity index (χ3n) is 4.98. The van der Waals surface area contributed by atoms with E-state index in [9.17, 15) is 0 Å². The van der Waals surface area contributed by atoms with Gasteiger partial charge in [-0.2, -0.15) is 0 Å². The molecule has 0 saturated heterocycles. The molecule has 0 bridgehead atoms. The zero-order chi connectivity index (χ0) is 13.9. The van der Waals surface area contributed by atoms with Gasteiger partial charge in [-0.05, 0) is 49.1 Å². The number of thiophene rings is 1. The Morgan fingerprint density at radius 3 is 2.70 bits per heavy atom. The molecule has 0 radical (unpaired) electrons. The molecule has 0 aromatic carbocycles. The van der Waals surface area contributed by atoms with Gasteiger partial charge in [-0.15, -0.1) is 23.1 Å². The Hall–Kier alpha value is 0.0100. The Labute approximate surface area is 131 Å². The number of rotatable bonds is 3. The number of thioether (sulfide) groups is 1. The average molecular weight is 310 g/mol. The van der Waals surface area contributed by atoms with Crippen molar-refractivity contribution in [2.24, 2.45) is 5.92 Å². The molecule has 1 aromatic heterocycles. The van der Waals surface area contributed by atoms with Crippen LogP contribution in [0.5, 0.6) is 0 Å². The normalized spacial score (nSPS) is 29.7. The van der Waals surface area contributed by atoms with Gasteiger partial charge in [0, 0.05) is 17.3 Å². The van der Waals surface area contributed by atoms with Gasteiger partial charge in [0.15, 0.2) is 0 Å². The van der Waals surface area contributed by atoms with Crippen molar-refractivity contribution in [3.8, 4) is 0 Å². The van der Waals surface area contributed by atoms with Crippen LogP contribution in [0.4, 0.5) is 0 Å². The number of nitrogens with one attached hydrogen (secondary N) is 1. The molecule has 2 heterocycles. The van der Waals surface area contributed by atoms with Crippen molar-refractivity contribution in [1.82, 2.24) is 5.32 Å². The molecular weight excluding hydrogens is 282 g/mol. The molecule has 0 spiro atoms. The van der Waals surface area contributed by atoms with Crippen LogP contribution in [0.1, 0.15) is 70.4 Å². The van der Waals surface area contributed by atoms with Gasteiger partial charge in [0.2, 0.25) is 0 Å². The molecular formula is C17H27NS2. The third kappa shape index (κ3) is 3.42. The van der Waals surface area contributed by atoms with Crippen molar-refractivity contribution < 1.29 is 0 Å².